The molecule has 0 spiro atoms. The van der Waals surface area contributed by atoms with Gasteiger partial charge in [0.25, 0.3) is 0 Å². The Hall–Kier alpha value is -2.08. The summed E-state index contributed by atoms with van der Waals surface area (Å²) in [6.07, 6.45) is 2.40. The molecule has 1 N–H and O–H groups in total. The van der Waals surface area contributed by atoms with E-state index in [0.717, 1.165) is 35.6 Å². The third-order valence-electron chi connectivity index (χ3n) is 3.19. The Labute approximate surface area is 134 Å². The number of unbranched alkanes of at least 4 members (excludes halogenated alkanes) is 1. The number of ether oxygens (including phenoxy) is 2. The van der Waals surface area contributed by atoms with Crippen molar-refractivity contribution in [1.29, 1.82) is 0 Å². The first-order valence-corrected chi connectivity index (χ1v) is 8.03. The Bertz CT molecular complexity index is 640. The van der Waals surface area contributed by atoms with Crippen LogP contribution in [-0.4, -0.2) is 25.1 Å². The highest BCUT2D eigenvalue weighted by molar-refractivity contribution is 7.14. The number of methoxy groups -OCH3 is 2. The molecule has 0 atom stereocenters. The molecule has 1 aromatic carbocycles. The standard InChI is InChI=1S/C16H20N2O3S/c1-4-5-6-15(19)18-16-17-13(10-22-16)12-9-11(20-2)7-8-14(12)21-3/h7-10H,4-6H2,1-3H3,(H,17,18,19). The quantitative estimate of drug-likeness (QED) is 0.839. The molecule has 0 aliphatic carbocycles. The average molecular weight is 320 g/mol. The van der Waals surface area contributed by atoms with Gasteiger partial charge in [0.1, 0.15) is 11.5 Å². The molecule has 22 heavy (non-hydrogen) atoms. The fourth-order valence-electron chi connectivity index (χ4n) is 1.99. The van der Waals surface area contributed by atoms with Gasteiger partial charge in [-0.25, -0.2) is 4.98 Å². The number of aromatic nitrogens is 1. The van der Waals surface area contributed by atoms with Crippen LogP contribution in [0.4, 0.5) is 5.13 Å². The number of carbonyl (C=O) groups is 1. The molecule has 0 unspecified atom stereocenters. The van der Waals surface area contributed by atoms with E-state index in [1.807, 2.05) is 23.6 Å². The lowest BCUT2D eigenvalue weighted by molar-refractivity contribution is -0.116. The molecule has 0 saturated heterocycles. The van der Waals surface area contributed by atoms with Crippen LogP contribution >= 0.6 is 11.3 Å². The van der Waals surface area contributed by atoms with Crippen molar-refractivity contribution >= 4 is 22.4 Å². The molecule has 2 aromatic rings. The molecule has 118 valence electrons. The van der Waals surface area contributed by atoms with Crippen molar-refractivity contribution in [1.82, 2.24) is 4.98 Å². The maximum atomic E-state index is 11.8. The number of carbonyl (C=O) groups excluding carboxylic acids is 1. The number of rotatable bonds is 7. The van der Waals surface area contributed by atoms with Crippen molar-refractivity contribution in [2.75, 3.05) is 19.5 Å². The number of benzene rings is 1. The van der Waals surface area contributed by atoms with Crippen LogP contribution < -0.4 is 14.8 Å². The van der Waals surface area contributed by atoms with Crippen LogP contribution in [0.5, 0.6) is 11.5 Å². The molecule has 2 rings (SSSR count). The minimum Gasteiger partial charge on any atom is -0.497 e. The molecule has 0 bridgehead atoms. The molecule has 0 fully saturated rings. The van der Waals surface area contributed by atoms with Gasteiger partial charge in [-0.1, -0.05) is 13.3 Å². The monoisotopic (exact) mass is 320 g/mol. The van der Waals surface area contributed by atoms with E-state index in [0.29, 0.717) is 11.6 Å². The molecule has 0 aliphatic rings. The normalized spacial score (nSPS) is 10.3. The molecule has 1 aromatic heterocycles. The molecule has 1 heterocycles. The molecule has 0 aliphatic heterocycles. The molecule has 0 saturated carbocycles. The van der Waals surface area contributed by atoms with E-state index in [-0.39, 0.29) is 5.91 Å². The van der Waals surface area contributed by atoms with Gasteiger partial charge in [0.05, 0.1) is 19.9 Å². The van der Waals surface area contributed by atoms with Crippen LogP contribution in [0.3, 0.4) is 0 Å². The highest BCUT2D eigenvalue weighted by Crippen LogP contribution is 2.35. The number of thiazole rings is 1. The SMILES string of the molecule is CCCCC(=O)Nc1nc(-c2cc(OC)ccc2OC)cs1. The minimum atomic E-state index is 0.000331. The van der Waals surface area contributed by atoms with Crippen molar-refractivity contribution in [3.8, 4) is 22.8 Å². The van der Waals surface area contributed by atoms with Crippen LogP contribution in [0.15, 0.2) is 23.6 Å². The second-order valence-corrected chi connectivity index (χ2v) is 5.61. The summed E-state index contributed by atoms with van der Waals surface area (Å²) in [4.78, 5) is 16.2. The number of nitrogens with zero attached hydrogens (tertiary/aromatic N) is 1. The molecule has 0 radical (unpaired) electrons. The minimum absolute atomic E-state index is 0.000331. The number of hydrogen-bond acceptors (Lipinski definition) is 5. The van der Waals surface area contributed by atoms with Crippen LogP contribution in [0.1, 0.15) is 26.2 Å². The fraction of sp³-hybridized carbons (Fsp3) is 0.375. The van der Waals surface area contributed by atoms with Crippen LogP contribution in [0, 0.1) is 0 Å². The lowest BCUT2D eigenvalue weighted by Crippen LogP contribution is -2.10. The summed E-state index contributed by atoms with van der Waals surface area (Å²) in [5, 5.41) is 5.32. The third-order valence-corrected chi connectivity index (χ3v) is 3.95. The largest absolute Gasteiger partial charge is 0.497 e. The number of amides is 1. The number of hydrogen-bond donors (Lipinski definition) is 1. The van der Waals surface area contributed by atoms with E-state index in [9.17, 15) is 4.79 Å². The van der Waals surface area contributed by atoms with Crippen LogP contribution in [-0.2, 0) is 4.79 Å². The summed E-state index contributed by atoms with van der Waals surface area (Å²) >= 11 is 1.40. The highest BCUT2D eigenvalue weighted by Gasteiger charge is 2.12. The first-order chi connectivity index (χ1) is 10.7. The fourth-order valence-corrected chi connectivity index (χ4v) is 2.71. The zero-order valence-corrected chi connectivity index (χ0v) is 13.8. The Balaban J connectivity index is 2.19. The maximum Gasteiger partial charge on any atom is 0.226 e. The Morgan fingerprint density at radius 1 is 1.32 bits per heavy atom. The highest BCUT2D eigenvalue weighted by atomic mass is 32.1. The van der Waals surface area contributed by atoms with Crippen molar-refractivity contribution in [2.45, 2.75) is 26.2 Å². The van der Waals surface area contributed by atoms with Gasteiger partial charge < -0.3 is 14.8 Å². The van der Waals surface area contributed by atoms with E-state index >= 15 is 0 Å². The lowest BCUT2D eigenvalue weighted by Gasteiger charge is -2.08. The van der Waals surface area contributed by atoms with Gasteiger partial charge in [0.2, 0.25) is 5.91 Å². The van der Waals surface area contributed by atoms with Gasteiger partial charge in [-0.3, -0.25) is 4.79 Å². The van der Waals surface area contributed by atoms with Gasteiger partial charge in [-0.2, -0.15) is 0 Å². The van der Waals surface area contributed by atoms with Gasteiger partial charge in [0, 0.05) is 17.4 Å². The van der Waals surface area contributed by atoms with Crippen molar-refractivity contribution in [3.63, 3.8) is 0 Å². The Morgan fingerprint density at radius 3 is 2.82 bits per heavy atom. The van der Waals surface area contributed by atoms with E-state index < -0.39 is 0 Å². The molecule has 6 heteroatoms. The molecule has 1 amide bonds. The van der Waals surface area contributed by atoms with Crippen molar-refractivity contribution < 1.29 is 14.3 Å². The van der Waals surface area contributed by atoms with Crippen LogP contribution in [0.25, 0.3) is 11.3 Å². The summed E-state index contributed by atoms with van der Waals surface area (Å²) in [5.74, 6) is 1.45. The topological polar surface area (TPSA) is 60.5 Å². The Morgan fingerprint density at radius 2 is 2.14 bits per heavy atom. The molecular weight excluding hydrogens is 300 g/mol. The Kier molecular flexibility index (Phi) is 5.77. The predicted molar refractivity (Wildman–Crippen MR) is 88.8 cm³/mol. The maximum absolute atomic E-state index is 11.8. The van der Waals surface area contributed by atoms with E-state index in [4.69, 9.17) is 9.47 Å². The smallest absolute Gasteiger partial charge is 0.226 e. The zero-order chi connectivity index (χ0) is 15.9. The average Bonchev–Trinajstić information content (AvgIpc) is 3.00. The first-order valence-electron chi connectivity index (χ1n) is 7.15. The summed E-state index contributed by atoms with van der Waals surface area (Å²) < 4.78 is 10.6. The summed E-state index contributed by atoms with van der Waals surface area (Å²) in [5.41, 5.74) is 1.60. The second-order valence-electron chi connectivity index (χ2n) is 4.76. The summed E-state index contributed by atoms with van der Waals surface area (Å²) in [6.45, 7) is 2.06. The van der Waals surface area contributed by atoms with Crippen molar-refractivity contribution in [3.05, 3.63) is 23.6 Å². The van der Waals surface area contributed by atoms with Crippen molar-refractivity contribution in [2.24, 2.45) is 0 Å². The van der Waals surface area contributed by atoms with Gasteiger partial charge in [-0.15, -0.1) is 11.3 Å². The number of anilines is 1. The van der Waals surface area contributed by atoms with Gasteiger partial charge in [-0.05, 0) is 24.6 Å². The van der Waals surface area contributed by atoms with E-state index in [2.05, 4.69) is 17.2 Å². The molecule has 5 nitrogen and oxygen atoms in total. The summed E-state index contributed by atoms with van der Waals surface area (Å²) in [7, 11) is 3.23. The first kappa shape index (κ1) is 16.3. The van der Waals surface area contributed by atoms with Gasteiger partial charge >= 0.3 is 0 Å². The summed E-state index contributed by atoms with van der Waals surface area (Å²) in [6, 6.07) is 5.55. The van der Waals surface area contributed by atoms with Gasteiger partial charge in [0.15, 0.2) is 5.13 Å². The van der Waals surface area contributed by atoms with Crippen LogP contribution in [0.2, 0.25) is 0 Å². The predicted octanol–water partition coefficient (Wildman–Crippen LogP) is 3.96. The second kappa shape index (κ2) is 7.79. The number of nitrogens with one attached hydrogen (secondary N) is 1. The molecular formula is C16H20N2O3S. The lowest BCUT2D eigenvalue weighted by atomic mass is 10.1. The third kappa shape index (κ3) is 3.98. The zero-order valence-electron chi connectivity index (χ0n) is 13.0. The van der Waals surface area contributed by atoms with E-state index in [1.165, 1.54) is 11.3 Å². The van der Waals surface area contributed by atoms with E-state index in [1.54, 1.807) is 14.2 Å².